The summed E-state index contributed by atoms with van der Waals surface area (Å²) in [4.78, 5) is 25.8. The Labute approximate surface area is 253 Å². The topological polar surface area (TPSA) is 95.1 Å². The maximum atomic E-state index is 14.9. The standard InChI is InChI=1S/C30H36BF5N2O6/c1-7-23(30(34,35)36)37-17-14-20(32)24(21(33)15-17)26(39)38-22(27(40)41-6)13-16-10-11-19(25-18(16)9-8-12-42-25)31-43-28(2,3)29(4,5)44-31/h10-11,14-15,22-23,37H,7-9,12-13H2,1-6H3,(H,38,39)/t22-,23+/m0/s1. The van der Waals surface area contributed by atoms with E-state index in [1.54, 1.807) is 12.1 Å². The molecule has 14 heteroatoms. The number of halogens is 5. The summed E-state index contributed by atoms with van der Waals surface area (Å²) in [5.41, 5.74) is -0.636. The normalized spacial score (nSPS) is 18.6. The fraction of sp³-hybridized carbons (Fsp3) is 0.533. The number of alkyl halides is 3. The van der Waals surface area contributed by atoms with Crippen LogP contribution in [0.4, 0.5) is 27.6 Å². The van der Waals surface area contributed by atoms with Gasteiger partial charge < -0.3 is 29.4 Å². The van der Waals surface area contributed by atoms with Gasteiger partial charge in [0.25, 0.3) is 5.91 Å². The zero-order valence-corrected chi connectivity index (χ0v) is 25.4. The van der Waals surface area contributed by atoms with E-state index in [1.807, 2.05) is 33.0 Å². The summed E-state index contributed by atoms with van der Waals surface area (Å²) in [7, 11) is 0.401. The molecule has 1 amide bonds. The largest absolute Gasteiger partial charge is 0.498 e. The van der Waals surface area contributed by atoms with Crippen LogP contribution >= 0.6 is 0 Å². The predicted molar refractivity (Wildman–Crippen MR) is 153 cm³/mol. The highest BCUT2D eigenvalue weighted by Gasteiger charge is 2.53. The van der Waals surface area contributed by atoms with Crippen LogP contribution in [0.3, 0.4) is 0 Å². The molecule has 2 aliphatic heterocycles. The number of hydrogen-bond donors (Lipinski definition) is 2. The Kier molecular flexibility index (Phi) is 9.55. The lowest BCUT2D eigenvalue weighted by atomic mass is 9.75. The minimum absolute atomic E-state index is 0.0968. The number of carbonyl (C=O) groups is 2. The van der Waals surface area contributed by atoms with Crippen LogP contribution in [0.2, 0.25) is 0 Å². The summed E-state index contributed by atoms with van der Waals surface area (Å²) in [5.74, 6) is -4.39. The molecule has 2 N–H and O–H groups in total. The van der Waals surface area contributed by atoms with Gasteiger partial charge in [-0.15, -0.1) is 0 Å². The molecule has 0 saturated carbocycles. The van der Waals surface area contributed by atoms with Gasteiger partial charge in [-0.05, 0) is 70.2 Å². The lowest BCUT2D eigenvalue weighted by Gasteiger charge is -2.32. The molecule has 8 nitrogen and oxygen atoms in total. The second kappa shape index (κ2) is 12.5. The molecule has 1 saturated heterocycles. The molecule has 4 rings (SSSR count). The van der Waals surface area contributed by atoms with Crippen LogP contribution in [0.15, 0.2) is 24.3 Å². The van der Waals surface area contributed by atoms with Crippen molar-refractivity contribution in [1.82, 2.24) is 5.32 Å². The summed E-state index contributed by atoms with van der Waals surface area (Å²) < 4.78 is 92.5. The molecule has 2 atom stereocenters. The minimum atomic E-state index is -4.65. The summed E-state index contributed by atoms with van der Waals surface area (Å²) in [6, 6.07) is 1.31. The van der Waals surface area contributed by atoms with Crippen LogP contribution in [-0.2, 0) is 31.7 Å². The Morgan fingerprint density at radius 2 is 1.68 bits per heavy atom. The van der Waals surface area contributed by atoms with Gasteiger partial charge in [0, 0.05) is 17.6 Å². The van der Waals surface area contributed by atoms with Crippen LogP contribution in [0, 0.1) is 11.6 Å². The lowest BCUT2D eigenvalue weighted by Crippen LogP contribution is -2.44. The molecule has 0 radical (unpaired) electrons. The number of benzene rings is 2. The molecule has 2 aromatic carbocycles. The number of anilines is 1. The third kappa shape index (κ3) is 6.80. The van der Waals surface area contributed by atoms with Gasteiger partial charge >= 0.3 is 19.3 Å². The van der Waals surface area contributed by atoms with Crippen LogP contribution in [-0.4, -0.2) is 62.2 Å². The van der Waals surface area contributed by atoms with Crippen molar-refractivity contribution in [2.45, 2.75) is 89.8 Å². The Morgan fingerprint density at radius 1 is 1.07 bits per heavy atom. The van der Waals surface area contributed by atoms with E-state index in [4.69, 9.17) is 18.8 Å². The van der Waals surface area contributed by atoms with E-state index in [0.717, 1.165) is 12.7 Å². The maximum absolute atomic E-state index is 14.9. The van der Waals surface area contributed by atoms with Crippen LogP contribution in [0.5, 0.6) is 5.75 Å². The molecule has 240 valence electrons. The average Bonchev–Trinajstić information content (AvgIpc) is 3.15. The highest BCUT2D eigenvalue weighted by Crippen LogP contribution is 2.38. The predicted octanol–water partition coefficient (Wildman–Crippen LogP) is 4.86. The van der Waals surface area contributed by atoms with Gasteiger partial charge in [0.15, 0.2) is 0 Å². The molecule has 2 aromatic rings. The van der Waals surface area contributed by atoms with E-state index in [2.05, 4.69) is 5.32 Å². The fourth-order valence-corrected chi connectivity index (χ4v) is 5.18. The van der Waals surface area contributed by atoms with Gasteiger partial charge in [-0.1, -0.05) is 19.1 Å². The van der Waals surface area contributed by atoms with E-state index in [0.29, 0.717) is 48.4 Å². The van der Waals surface area contributed by atoms with Gasteiger partial charge in [0.1, 0.15) is 35.0 Å². The summed E-state index contributed by atoms with van der Waals surface area (Å²) in [6.07, 6.45) is -3.86. The quantitative estimate of drug-likeness (QED) is 0.234. The number of methoxy groups -OCH3 is 1. The average molecular weight is 626 g/mol. The van der Waals surface area contributed by atoms with Crippen LogP contribution in [0.1, 0.15) is 68.9 Å². The van der Waals surface area contributed by atoms with Crippen molar-refractivity contribution >= 4 is 30.1 Å². The molecule has 2 aliphatic rings. The van der Waals surface area contributed by atoms with Crippen molar-refractivity contribution in [3.8, 4) is 5.75 Å². The first-order chi connectivity index (χ1) is 20.5. The van der Waals surface area contributed by atoms with Crippen molar-refractivity contribution in [3.63, 3.8) is 0 Å². The Morgan fingerprint density at radius 3 is 2.23 bits per heavy atom. The van der Waals surface area contributed by atoms with Gasteiger partial charge in [-0.3, -0.25) is 4.79 Å². The van der Waals surface area contributed by atoms with Gasteiger partial charge in [-0.2, -0.15) is 13.2 Å². The number of fused-ring (bicyclic) bond motifs is 1. The van der Waals surface area contributed by atoms with E-state index < -0.39 is 71.3 Å². The Bertz CT molecular complexity index is 1380. The van der Waals surface area contributed by atoms with Crippen molar-refractivity contribution in [2.75, 3.05) is 19.0 Å². The number of esters is 1. The first kappa shape index (κ1) is 33.5. The fourth-order valence-electron chi connectivity index (χ4n) is 5.18. The van der Waals surface area contributed by atoms with E-state index in [-0.39, 0.29) is 12.8 Å². The summed E-state index contributed by atoms with van der Waals surface area (Å²) >= 11 is 0. The summed E-state index contributed by atoms with van der Waals surface area (Å²) in [5, 5.41) is 4.36. The zero-order chi connectivity index (χ0) is 32.6. The molecule has 0 aromatic heterocycles. The first-order valence-corrected chi connectivity index (χ1v) is 14.3. The number of nitrogens with one attached hydrogen (secondary N) is 2. The highest BCUT2D eigenvalue weighted by atomic mass is 19.4. The second-order valence-corrected chi connectivity index (χ2v) is 11.9. The van der Waals surface area contributed by atoms with Gasteiger partial charge in [-0.25, -0.2) is 13.6 Å². The van der Waals surface area contributed by atoms with Crippen LogP contribution < -0.4 is 20.8 Å². The molecular weight excluding hydrogens is 590 g/mol. The van der Waals surface area contributed by atoms with Crippen molar-refractivity contribution in [2.24, 2.45) is 0 Å². The third-order valence-electron chi connectivity index (χ3n) is 8.34. The summed E-state index contributed by atoms with van der Waals surface area (Å²) in [6.45, 7) is 9.43. The molecule has 0 unspecified atom stereocenters. The molecule has 0 spiro atoms. The Balaban J connectivity index is 1.59. The van der Waals surface area contributed by atoms with Gasteiger partial charge in [0.2, 0.25) is 0 Å². The maximum Gasteiger partial charge on any atom is 0.498 e. The highest BCUT2D eigenvalue weighted by molar-refractivity contribution is 6.63. The van der Waals surface area contributed by atoms with Crippen molar-refractivity contribution in [1.29, 1.82) is 0 Å². The van der Waals surface area contributed by atoms with Crippen molar-refractivity contribution < 1.29 is 50.3 Å². The zero-order valence-electron chi connectivity index (χ0n) is 25.4. The monoisotopic (exact) mass is 626 g/mol. The second-order valence-electron chi connectivity index (χ2n) is 11.9. The number of amides is 1. The minimum Gasteiger partial charge on any atom is -0.494 e. The number of rotatable bonds is 9. The molecule has 1 fully saturated rings. The van der Waals surface area contributed by atoms with Crippen molar-refractivity contribution in [3.05, 3.63) is 52.6 Å². The Hall–Kier alpha value is -3.39. The SMILES string of the molecule is CC[C@@H](Nc1cc(F)c(C(=O)N[C@@H](Cc2ccc(B3OC(C)(C)C(C)(C)O3)c3c2CCCO3)C(=O)OC)c(F)c1)C(F)(F)F. The number of ether oxygens (including phenoxy) is 2. The third-order valence-corrected chi connectivity index (χ3v) is 8.34. The molecular formula is C30H36BF5N2O6. The van der Waals surface area contributed by atoms with Crippen LogP contribution in [0.25, 0.3) is 0 Å². The lowest BCUT2D eigenvalue weighted by molar-refractivity contribution is -0.143. The number of carbonyl (C=O) groups excluding carboxylic acids is 2. The van der Waals surface area contributed by atoms with E-state index in [9.17, 15) is 31.5 Å². The molecule has 44 heavy (non-hydrogen) atoms. The smallest absolute Gasteiger partial charge is 0.494 e. The molecule has 2 heterocycles. The van der Waals surface area contributed by atoms with E-state index >= 15 is 0 Å². The molecule has 0 aliphatic carbocycles. The first-order valence-electron chi connectivity index (χ1n) is 14.3. The van der Waals surface area contributed by atoms with Gasteiger partial charge in [0.05, 0.1) is 24.9 Å². The molecule has 0 bridgehead atoms. The number of hydrogen-bond acceptors (Lipinski definition) is 7. The van der Waals surface area contributed by atoms with E-state index in [1.165, 1.54) is 6.92 Å².